The van der Waals surface area contributed by atoms with Gasteiger partial charge in [-0.2, -0.15) is 0 Å². The van der Waals surface area contributed by atoms with Gasteiger partial charge in [0.2, 0.25) is 0 Å². The molecule has 0 bridgehead atoms. The first-order valence-corrected chi connectivity index (χ1v) is 6.59. The standard InChI is InChI=1S/C3H4O3.C2H6O6S2.Fe/c1-2(4)3(5)6;3-9(4,5)1-2-10(6,7)8;/h1H3,(H,5,6);1-2H2,(H,3,4,5)(H,6,7,8);/q;;+3/p-3. The van der Waals surface area contributed by atoms with Crippen molar-refractivity contribution in [3.05, 3.63) is 0 Å². The van der Waals surface area contributed by atoms with E-state index in [0.717, 1.165) is 6.92 Å². The van der Waals surface area contributed by atoms with Gasteiger partial charge in [0.15, 0.2) is 5.78 Å². The van der Waals surface area contributed by atoms with E-state index in [1.54, 1.807) is 0 Å². The molecule has 0 saturated heterocycles. The van der Waals surface area contributed by atoms with Crippen molar-refractivity contribution >= 4 is 32.0 Å². The van der Waals surface area contributed by atoms with Crippen LogP contribution in [0.25, 0.3) is 0 Å². The summed E-state index contributed by atoms with van der Waals surface area (Å²) < 4.78 is 58.3. The summed E-state index contributed by atoms with van der Waals surface area (Å²) in [4.78, 5) is 18.7. The third kappa shape index (κ3) is 25.6. The monoisotopic (exact) mass is 331 g/mol. The topological polar surface area (TPSA) is 172 Å². The van der Waals surface area contributed by atoms with Crippen LogP contribution in [0.15, 0.2) is 0 Å². The molecule has 0 aliphatic carbocycles. The van der Waals surface area contributed by atoms with E-state index in [2.05, 4.69) is 0 Å². The number of Topliss-reactive ketones (excluding diaryl/α,β-unsaturated/α-hetero) is 1. The van der Waals surface area contributed by atoms with E-state index >= 15 is 0 Å². The SMILES string of the molecule is CC(=O)C(=O)[O-].O=S(=O)([O-])CCS(=O)(=O)[O-].[Fe+3]. The van der Waals surface area contributed by atoms with Crippen LogP contribution in [0.4, 0.5) is 0 Å². The van der Waals surface area contributed by atoms with Gasteiger partial charge in [-0.05, 0) is 0 Å². The van der Waals surface area contributed by atoms with Crippen molar-refractivity contribution < 1.29 is 57.7 Å². The van der Waals surface area contributed by atoms with Crippen molar-refractivity contribution in [1.29, 1.82) is 0 Å². The molecule has 0 aliphatic rings. The molecule has 0 unspecified atom stereocenters. The van der Waals surface area contributed by atoms with Crippen molar-refractivity contribution in [2.75, 3.05) is 11.5 Å². The zero-order chi connectivity index (χ0) is 13.6. The molecule has 1 radical (unpaired) electrons. The van der Waals surface area contributed by atoms with Gasteiger partial charge in [0.1, 0.15) is 5.97 Å². The van der Waals surface area contributed by atoms with Gasteiger partial charge in [-0.3, -0.25) is 4.79 Å². The van der Waals surface area contributed by atoms with Crippen molar-refractivity contribution in [2.24, 2.45) is 0 Å². The number of hydrogen-bond acceptors (Lipinski definition) is 9. The van der Waals surface area contributed by atoms with E-state index in [-0.39, 0.29) is 17.1 Å². The van der Waals surface area contributed by atoms with Crippen molar-refractivity contribution in [1.82, 2.24) is 0 Å². The molecule has 0 amide bonds. The Labute approximate surface area is 108 Å². The third-order valence-corrected chi connectivity index (χ3v) is 2.54. The van der Waals surface area contributed by atoms with Crippen LogP contribution in [0, 0.1) is 0 Å². The van der Waals surface area contributed by atoms with Gasteiger partial charge in [-0.25, -0.2) is 16.8 Å². The Morgan fingerprint density at radius 2 is 1.12 bits per heavy atom. The van der Waals surface area contributed by atoms with E-state index in [9.17, 15) is 40.6 Å². The summed E-state index contributed by atoms with van der Waals surface area (Å²) in [6.45, 7) is 0.940. The van der Waals surface area contributed by atoms with Crippen LogP contribution in [0.5, 0.6) is 0 Å². The first kappa shape index (κ1) is 21.7. The Hall–Kier alpha value is -0.521. The third-order valence-electron chi connectivity index (χ3n) is 0.871. The second-order valence-electron chi connectivity index (χ2n) is 2.37. The number of ketones is 1. The van der Waals surface area contributed by atoms with Gasteiger partial charge < -0.3 is 19.0 Å². The van der Waals surface area contributed by atoms with Crippen molar-refractivity contribution in [2.45, 2.75) is 6.92 Å². The fourth-order valence-corrected chi connectivity index (χ4v) is 1.84. The Morgan fingerprint density at radius 1 is 0.941 bits per heavy atom. The molecule has 0 heterocycles. The normalized spacial score (nSPS) is 10.5. The maximum absolute atomic E-state index is 9.72. The second-order valence-corrected chi connectivity index (χ2v) is 5.41. The molecule has 0 aromatic heterocycles. The first-order valence-electron chi connectivity index (χ1n) is 3.44. The summed E-state index contributed by atoms with van der Waals surface area (Å²) in [5.41, 5.74) is 0. The summed E-state index contributed by atoms with van der Waals surface area (Å²) >= 11 is 0. The number of carbonyl (C=O) groups excluding carboxylic acids is 2. The summed E-state index contributed by atoms with van der Waals surface area (Å²) in [5, 5.41) is 9.24. The van der Waals surface area contributed by atoms with Crippen LogP contribution in [0.2, 0.25) is 0 Å². The van der Waals surface area contributed by atoms with E-state index in [0.29, 0.717) is 0 Å². The van der Waals surface area contributed by atoms with Crippen molar-refractivity contribution in [3.8, 4) is 0 Å². The summed E-state index contributed by atoms with van der Waals surface area (Å²) in [6.07, 6.45) is 0. The largest absolute Gasteiger partial charge is 3.00 e. The Balaban J connectivity index is -0.000000244. The van der Waals surface area contributed by atoms with Gasteiger partial charge in [-0.1, -0.05) is 0 Å². The van der Waals surface area contributed by atoms with Crippen LogP contribution >= 0.6 is 0 Å². The number of aliphatic carboxylic acids is 1. The van der Waals surface area contributed by atoms with Gasteiger partial charge >= 0.3 is 17.1 Å². The average molecular weight is 331 g/mol. The number of carboxylic acids is 1. The zero-order valence-electron chi connectivity index (χ0n) is 8.26. The second kappa shape index (κ2) is 8.55. The van der Waals surface area contributed by atoms with Crippen LogP contribution in [-0.4, -0.2) is 49.2 Å². The molecule has 9 nitrogen and oxygen atoms in total. The molecule has 0 N–H and O–H groups in total. The molecule has 0 aromatic rings. The fourth-order valence-electron chi connectivity index (χ4n) is 0.204. The van der Waals surface area contributed by atoms with E-state index < -0.39 is 43.5 Å². The molecule has 12 heteroatoms. The fraction of sp³-hybridized carbons (Fsp3) is 0.600. The molecule has 17 heavy (non-hydrogen) atoms. The number of carbonyl (C=O) groups is 2. The van der Waals surface area contributed by atoms with Crippen LogP contribution in [-0.2, 0) is 46.9 Å². The van der Waals surface area contributed by atoms with Gasteiger partial charge in [0.25, 0.3) is 0 Å². The molecule has 0 aromatic carbocycles. The maximum atomic E-state index is 9.72. The van der Waals surface area contributed by atoms with Crippen LogP contribution in [0.3, 0.4) is 0 Å². The molecule has 0 saturated carbocycles. The molecule has 0 spiro atoms. The molecule has 0 atom stereocenters. The van der Waals surface area contributed by atoms with Crippen molar-refractivity contribution in [3.63, 3.8) is 0 Å². The molecule has 0 rings (SSSR count). The Bertz CT molecular complexity index is 404. The predicted molar refractivity (Wildman–Crippen MR) is 44.8 cm³/mol. The zero-order valence-corrected chi connectivity index (χ0v) is 11.0. The molecule has 0 fully saturated rings. The van der Waals surface area contributed by atoms with E-state index in [1.165, 1.54) is 0 Å². The minimum atomic E-state index is -4.59. The predicted octanol–water partition coefficient (Wildman–Crippen LogP) is -3.60. The minimum Gasteiger partial charge on any atom is -0.748 e. The number of hydrogen-bond donors (Lipinski definition) is 0. The van der Waals surface area contributed by atoms with Gasteiger partial charge in [-0.15, -0.1) is 0 Å². The van der Waals surface area contributed by atoms with Crippen LogP contribution < -0.4 is 5.11 Å². The molecule has 101 valence electrons. The number of rotatable bonds is 4. The molecular weight excluding hydrogens is 324 g/mol. The summed E-state index contributed by atoms with van der Waals surface area (Å²) in [5.74, 6) is -4.87. The average Bonchev–Trinajstić information content (AvgIpc) is 1.99. The smallest absolute Gasteiger partial charge is 0.748 e. The first-order chi connectivity index (χ1) is 6.85. The summed E-state index contributed by atoms with van der Waals surface area (Å²) in [6, 6.07) is 0. The molecular formula is C5H7FeO9S2. The Morgan fingerprint density at radius 3 is 1.18 bits per heavy atom. The van der Waals surface area contributed by atoms with Crippen LogP contribution in [0.1, 0.15) is 6.92 Å². The molecule has 0 aliphatic heterocycles. The summed E-state index contributed by atoms with van der Waals surface area (Å²) in [7, 11) is -9.17. The quantitative estimate of drug-likeness (QED) is 0.286. The maximum Gasteiger partial charge on any atom is 3.00 e. The minimum absolute atomic E-state index is 0. The van der Waals surface area contributed by atoms with Gasteiger partial charge in [0.05, 0.1) is 31.7 Å². The Kier molecular flexibility index (Phi) is 10.9. The van der Waals surface area contributed by atoms with E-state index in [1.807, 2.05) is 0 Å². The number of carboxylic acid groups (broad SMARTS) is 1. The van der Waals surface area contributed by atoms with E-state index in [4.69, 9.17) is 0 Å². The van der Waals surface area contributed by atoms with Gasteiger partial charge in [0, 0.05) is 6.92 Å².